The molecule has 62 valence electrons. The fraction of sp³-hybridized carbons (Fsp3) is 0.444. The summed E-state index contributed by atoms with van der Waals surface area (Å²) in [5.74, 6) is -0.844. The molecule has 0 radical (unpaired) electrons. The minimum Gasteiger partial charge on any atom is -0.478 e. The molecular formula is C9H14O2. The van der Waals surface area contributed by atoms with Crippen LogP contribution < -0.4 is 0 Å². The Kier molecular flexibility index (Phi) is 3.58. The minimum atomic E-state index is -0.844. The summed E-state index contributed by atoms with van der Waals surface area (Å²) in [7, 11) is 0. The molecule has 1 N–H and O–H groups in total. The average Bonchev–Trinajstić information content (AvgIpc) is 2.00. The molecule has 0 aliphatic rings. The summed E-state index contributed by atoms with van der Waals surface area (Å²) < 4.78 is 0. The van der Waals surface area contributed by atoms with Crippen LogP contribution in [0, 0.1) is 0 Å². The standard InChI is InChI=1S/C9H14O2/c1-5-6(2)7(3)8(4)9(10)11/h5H,1-4H3,(H,10,11)/b6-5+,8-7-. The molecule has 2 heteroatoms. The second-order valence-electron chi connectivity index (χ2n) is 2.53. The fourth-order valence-corrected chi connectivity index (χ4v) is 0.673. The predicted octanol–water partition coefficient (Wildman–Crippen LogP) is 2.37. The van der Waals surface area contributed by atoms with Gasteiger partial charge in [0.25, 0.3) is 0 Å². The monoisotopic (exact) mass is 154 g/mol. The van der Waals surface area contributed by atoms with Gasteiger partial charge < -0.3 is 5.11 Å². The number of hydrogen-bond acceptors (Lipinski definition) is 1. The van der Waals surface area contributed by atoms with Crippen LogP contribution in [0.25, 0.3) is 0 Å². The van der Waals surface area contributed by atoms with Crippen LogP contribution in [0.15, 0.2) is 22.8 Å². The molecular weight excluding hydrogens is 140 g/mol. The quantitative estimate of drug-likeness (QED) is 0.489. The lowest BCUT2D eigenvalue weighted by Gasteiger charge is -2.02. The van der Waals surface area contributed by atoms with Gasteiger partial charge in [-0.05, 0) is 33.3 Å². The Morgan fingerprint density at radius 1 is 1.18 bits per heavy atom. The van der Waals surface area contributed by atoms with Gasteiger partial charge in [0.1, 0.15) is 0 Å². The van der Waals surface area contributed by atoms with Gasteiger partial charge in [0.15, 0.2) is 0 Å². The van der Waals surface area contributed by atoms with E-state index in [1.807, 2.05) is 26.8 Å². The molecule has 0 bridgehead atoms. The lowest BCUT2D eigenvalue weighted by Crippen LogP contribution is -1.99. The number of hydrogen-bond donors (Lipinski definition) is 1. The van der Waals surface area contributed by atoms with Crippen molar-refractivity contribution in [3.63, 3.8) is 0 Å². The van der Waals surface area contributed by atoms with Crippen molar-refractivity contribution in [1.82, 2.24) is 0 Å². The molecule has 0 fully saturated rings. The molecule has 0 aromatic rings. The van der Waals surface area contributed by atoms with Gasteiger partial charge in [-0.15, -0.1) is 0 Å². The van der Waals surface area contributed by atoms with Crippen LogP contribution in [0.5, 0.6) is 0 Å². The largest absolute Gasteiger partial charge is 0.478 e. The molecule has 0 aliphatic carbocycles. The zero-order chi connectivity index (χ0) is 9.02. The Hall–Kier alpha value is -1.05. The van der Waals surface area contributed by atoms with Crippen molar-refractivity contribution in [1.29, 1.82) is 0 Å². The summed E-state index contributed by atoms with van der Waals surface area (Å²) in [6, 6.07) is 0. The average molecular weight is 154 g/mol. The third kappa shape index (κ3) is 2.58. The predicted molar refractivity (Wildman–Crippen MR) is 45.4 cm³/mol. The molecule has 0 aromatic heterocycles. The third-order valence-corrected chi connectivity index (χ3v) is 1.91. The van der Waals surface area contributed by atoms with Gasteiger partial charge >= 0.3 is 5.97 Å². The van der Waals surface area contributed by atoms with E-state index >= 15 is 0 Å². The van der Waals surface area contributed by atoms with Crippen LogP contribution in [-0.4, -0.2) is 11.1 Å². The van der Waals surface area contributed by atoms with Gasteiger partial charge in [-0.1, -0.05) is 11.6 Å². The molecule has 0 saturated heterocycles. The number of rotatable bonds is 2. The second-order valence-corrected chi connectivity index (χ2v) is 2.53. The molecule has 0 atom stereocenters. The first kappa shape index (κ1) is 9.95. The van der Waals surface area contributed by atoms with Gasteiger partial charge in [0.2, 0.25) is 0 Å². The number of carboxylic acid groups (broad SMARTS) is 1. The zero-order valence-electron chi connectivity index (χ0n) is 7.43. The number of carboxylic acids is 1. The van der Waals surface area contributed by atoms with Gasteiger partial charge in [0, 0.05) is 5.57 Å². The van der Waals surface area contributed by atoms with E-state index in [0.29, 0.717) is 5.57 Å². The minimum absolute atomic E-state index is 0.417. The lowest BCUT2D eigenvalue weighted by molar-refractivity contribution is -0.132. The van der Waals surface area contributed by atoms with Crippen LogP contribution in [-0.2, 0) is 4.79 Å². The molecule has 11 heavy (non-hydrogen) atoms. The zero-order valence-corrected chi connectivity index (χ0v) is 7.43. The summed E-state index contributed by atoms with van der Waals surface area (Å²) in [5.41, 5.74) is 2.28. The highest BCUT2D eigenvalue weighted by Crippen LogP contribution is 2.12. The van der Waals surface area contributed by atoms with Crippen molar-refractivity contribution in [2.24, 2.45) is 0 Å². The summed E-state index contributed by atoms with van der Waals surface area (Å²) in [6.07, 6.45) is 1.90. The second kappa shape index (κ2) is 3.96. The van der Waals surface area contributed by atoms with E-state index in [9.17, 15) is 4.79 Å². The van der Waals surface area contributed by atoms with Crippen LogP contribution in [0.1, 0.15) is 27.7 Å². The Bertz CT molecular complexity index is 222. The number of allylic oxidation sites excluding steroid dienone is 3. The van der Waals surface area contributed by atoms with Crippen molar-refractivity contribution in [3.8, 4) is 0 Å². The van der Waals surface area contributed by atoms with Gasteiger partial charge in [-0.2, -0.15) is 0 Å². The molecule has 0 aliphatic heterocycles. The van der Waals surface area contributed by atoms with Crippen LogP contribution in [0.2, 0.25) is 0 Å². The highest BCUT2D eigenvalue weighted by molar-refractivity contribution is 5.87. The van der Waals surface area contributed by atoms with Gasteiger partial charge in [-0.3, -0.25) is 0 Å². The first-order valence-electron chi connectivity index (χ1n) is 3.54. The third-order valence-electron chi connectivity index (χ3n) is 1.91. The highest BCUT2D eigenvalue weighted by atomic mass is 16.4. The van der Waals surface area contributed by atoms with Gasteiger partial charge in [-0.25, -0.2) is 4.79 Å². The Morgan fingerprint density at radius 3 is 1.91 bits per heavy atom. The molecule has 2 nitrogen and oxygen atoms in total. The lowest BCUT2D eigenvalue weighted by atomic mass is 10.0. The smallest absolute Gasteiger partial charge is 0.331 e. The first-order valence-corrected chi connectivity index (χ1v) is 3.54. The van der Waals surface area contributed by atoms with Crippen molar-refractivity contribution in [3.05, 3.63) is 22.8 Å². The highest BCUT2D eigenvalue weighted by Gasteiger charge is 2.04. The van der Waals surface area contributed by atoms with Crippen molar-refractivity contribution >= 4 is 5.97 Å². The molecule has 0 rings (SSSR count). The van der Waals surface area contributed by atoms with E-state index in [1.54, 1.807) is 6.92 Å². The van der Waals surface area contributed by atoms with E-state index in [2.05, 4.69) is 0 Å². The summed E-state index contributed by atoms with van der Waals surface area (Å²) >= 11 is 0. The normalized spacial score (nSPS) is 14.4. The van der Waals surface area contributed by atoms with Crippen molar-refractivity contribution in [2.45, 2.75) is 27.7 Å². The molecule has 0 aromatic carbocycles. The Morgan fingerprint density at radius 2 is 1.64 bits per heavy atom. The topological polar surface area (TPSA) is 37.3 Å². The molecule has 0 heterocycles. The van der Waals surface area contributed by atoms with Crippen LogP contribution >= 0.6 is 0 Å². The van der Waals surface area contributed by atoms with Crippen LogP contribution in [0.4, 0.5) is 0 Å². The molecule has 0 unspecified atom stereocenters. The van der Waals surface area contributed by atoms with E-state index in [1.165, 1.54) is 0 Å². The maximum Gasteiger partial charge on any atom is 0.331 e. The molecule has 0 spiro atoms. The Labute approximate surface area is 67.2 Å². The summed E-state index contributed by atoms with van der Waals surface area (Å²) in [5, 5.41) is 8.61. The van der Waals surface area contributed by atoms with E-state index < -0.39 is 5.97 Å². The fourth-order valence-electron chi connectivity index (χ4n) is 0.673. The number of carbonyl (C=O) groups is 1. The summed E-state index contributed by atoms with van der Waals surface area (Å²) in [4.78, 5) is 10.5. The van der Waals surface area contributed by atoms with E-state index in [-0.39, 0.29) is 0 Å². The molecule has 0 amide bonds. The van der Waals surface area contributed by atoms with Crippen molar-refractivity contribution < 1.29 is 9.90 Å². The van der Waals surface area contributed by atoms with Gasteiger partial charge in [0.05, 0.1) is 0 Å². The Balaban J connectivity index is 4.81. The van der Waals surface area contributed by atoms with E-state index in [4.69, 9.17) is 5.11 Å². The molecule has 0 saturated carbocycles. The van der Waals surface area contributed by atoms with Crippen molar-refractivity contribution in [2.75, 3.05) is 0 Å². The maximum atomic E-state index is 10.5. The van der Waals surface area contributed by atoms with Crippen LogP contribution in [0.3, 0.4) is 0 Å². The summed E-state index contributed by atoms with van der Waals surface area (Å²) in [6.45, 7) is 7.24. The van der Waals surface area contributed by atoms with E-state index in [0.717, 1.165) is 11.1 Å². The maximum absolute atomic E-state index is 10.5. The SMILES string of the molecule is C/C=C(C)/C(C)=C(/C)C(=O)O. The first-order chi connectivity index (χ1) is 5.00. The number of aliphatic carboxylic acids is 1.